The molecule has 11 aromatic carbocycles. The van der Waals surface area contributed by atoms with Crippen molar-refractivity contribution in [3.05, 3.63) is 109 Å². The summed E-state index contributed by atoms with van der Waals surface area (Å²) in [5.74, 6) is 0. The van der Waals surface area contributed by atoms with E-state index >= 15 is 0 Å². The van der Waals surface area contributed by atoms with Crippen LogP contribution in [0.2, 0.25) is 0 Å². The Morgan fingerprint density at radius 3 is 0.868 bits per heavy atom. The third-order valence-corrected chi connectivity index (χ3v) is 9.59. The number of hydrogen-bond donors (Lipinski definition) is 0. The quantitative estimate of drug-likeness (QED) is 0.151. The van der Waals surface area contributed by atoms with Crippen molar-refractivity contribution < 1.29 is 0 Å². The Morgan fingerprint density at radius 2 is 0.474 bits per heavy atom. The minimum absolute atomic E-state index is 1.32. The van der Waals surface area contributed by atoms with E-state index < -0.39 is 0 Å². The van der Waals surface area contributed by atoms with Crippen LogP contribution in [0.4, 0.5) is 0 Å². The first-order chi connectivity index (χ1) is 18.9. The molecule has 0 bridgehead atoms. The van der Waals surface area contributed by atoms with E-state index in [4.69, 9.17) is 0 Å². The molecule has 0 spiro atoms. The number of fused-ring (bicyclic) bond motifs is 5. The van der Waals surface area contributed by atoms with Crippen LogP contribution in [-0.4, -0.2) is 0 Å². The second kappa shape index (κ2) is 5.79. The molecule has 11 aromatic rings. The van der Waals surface area contributed by atoms with Gasteiger partial charge < -0.3 is 0 Å². The summed E-state index contributed by atoms with van der Waals surface area (Å²) in [5, 5.41) is 27.6. The molecule has 0 aliphatic heterocycles. The van der Waals surface area contributed by atoms with E-state index in [0.717, 1.165) is 0 Å². The van der Waals surface area contributed by atoms with Gasteiger partial charge in [-0.25, -0.2) is 0 Å². The second-order valence-corrected chi connectivity index (χ2v) is 11.2. The first-order valence-electron chi connectivity index (χ1n) is 13.5. The zero-order valence-corrected chi connectivity index (χ0v) is 20.4. The van der Waals surface area contributed by atoms with Gasteiger partial charge in [-0.1, -0.05) is 109 Å². The van der Waals surface area contributed by atoms with Crippen molar-refractivity contribution >= 4 is 108 Å². The fourth-order valence-corrected chi connectivity index (χ4v) is 8.20. The van der Waals surface area contributed by atoms with Crippen LogP contribution in [0.25, 0.3) is 108 Å². The molecule has 0 aromatic heterocycles. The lowest BCUT2D eigenvalue weighted by atomic mass is 9.79. The highest BCUT2D eigenvalue weighted by Crippen LogP contribution is 2.53. The van der Waals surface area contributed by atoms with Gasteiger partial charge in [0.25, 0.3) is 0 Å². The Kier molecular flexibility index (Phi) is 2.79. The van der Waals surface area contributed by atoms with Crippen molar-refractivity contribution in [3.63, 3.8) is 0 Å². The van der Waals surface area contributed by atoms with Gasteiger partial charge in [-0.2, -0.15) is 0 Å². The van der Waals surface area contributed by atoms with Crippen molar-refractivity contribution in [2.24, 2.45) is 0 Å². The fraction of sp³-hybridized carbons (Fsp3) is 0. The fourth-order valence-electron chi connectivity index (χ4n) is 8.20. The highest BCUT2D eigenvalue weighted by molar-refractivity contribution is 6.52. The maximum atomic E-state index is 2.40. The Labute approximate surface area is 216 Å². The third kappa shape index (κ3) is 1.79. The minimum Gasteiger partial charge on any atom is -0.0610 e. The molecule has 0 saturated heterocycles. The van der Waals surface area contributed by atoms with Crippen molar-refractivity contribution in [1.29, 1.82) is 0 Å². The monoisotopic (exact) mass is 474 g/mol. The van der Waals surface area contributed by atoms with Crippen LogP contribution in [0.15, 0.2) is 109 Å². The van der Waals surface area contributed by atoms with Crippen molar-refractivity contribution in [1.82, 2.24) is 0 Å². The van der Waals surface area contributed by atoms with Gasteiger partial charge in [0.05, 0.1) is 0 Å². The second-order valence-electron chi connectivity index (χ2n) is 11.2. The van der Waals surface area contributed by atoms with Crippen LogP contribution in [0.1, 0.15) is 0 Å². The lowest BCUT2D eigenvalue weighted by molar-refractivity contribution is 1.80. The molecule has 0 nitrogen and oxygen atoms in total. The van der Waals surface area contributed by atoms with Crippen LogP contribution >= 0.6 is 0 Å². The highest BCUT2D eigenvalue weighted by atomic mass is 14.3. The Hall–Kier alpha value is -4.94. The summed E-state index contributed by atoms with van der Waals surface area (Å²) in [4.78, 5) is 0. The Balaban J connectivity index is 1.64. The first kappa shape index (κ1) is 18.3. The molecule has 38 heavy (non-hydrogen) atoms. The smallest absolute Gasteiger partial charge is 0.000718 e. The lowest BCUT2D eigenvalue weighted by Gasteiger charge is -2.24. The van der Waals surface area contributed by atoms with Crippen LogP contribution in [-0.2, 0) is 0 Å². The molecule has 0 fully saturated rings. The summed E-state index contributed by atoms with van der Waals surface area (Å²) in [7, 11) is 0. The van der Waals surface area contributed by atoms with E-state index in [-0.39, 0.29) is 0 Å². The van der Waals surface area contributed by atoms with Crippen LogP contribution < -0.4 is 0 Å². The van der Waals surface area contributed by atoms with Crippen LogP contribution in [0, 0.1) is 0 Å². The van der Waals surface area contributed by atoms with Gasteiger partial charge in [-0.05, 0) is 108 Å². The van der Waals surface area contributed by atoms with Crippen molar-refractivity contribution in [2.45, 2.75) is 0 Å². The zero-order valence-electron chi connectivity index (χ0n) is 20.4. The first-order valence-corrected chi connectivity index (χ1v) is 13.5. The van der Waals surface area contributed by atoms with E-state index in [0.29, 0.717) is 0 Å². The Bertz CT molecular complexity index is 2540. The molecule has 0 aliphatic rings. The summed E-state index contributed by atoms with van der Waals surface area (Å²) >= 11 is 0. The molecule has 0 radical (unpaired) electrons. The van der Waals surface area contributed by atoms with E-state index in [9.17, 15) is 0 Å². The summed E-state index contributed by atoms with van der Waals surface area (Å²) < 4.78 is 0. The predicted molar refractivity (Wildman–Crippen MR) is 166 cm³/mol. The maximum Gasteiger partial charge on any atom is -0.000718 e. The summed E-state index contributed by atoms with van der Waals surface area (Å²) in [6.45, 7) is 0. The molecule has 0 heterocycles. The topological polar surface area (TPSA) is 0 Å². The van der Waals surface area contributed by atoms with Gasteiger partial charge in [0, 0.05) is 0 Å². The molecule has 0 saturated carbocycles. The van der Waals surface area contributed by atoms with E-state index in [1.54, 1.807) is 0 Å². The normalized spacial score (nSPS) is 13.3. The van der Waals surface area contributed by atoms with Gasteiger partial charge >= 0.3 is 0 Å². The third-order valence-electron chi connectivity index (χ3n) is 9.59. The van der Waals surface area contributed by atoms with Crippen molar-refractivity contribution in [3.8, 4) is 0 Å². The molecule has 0 N–H and O–H groups in total. The van der Waals surface area contributed by atoms with E-state index in [1.807, 2.05) is 0 Å². The predicted octanol–water partition coefficient (Wildman–Crippen LogP) is 11.0. The largest absolute Gasteiger partial charge is 0.0610 e. The van der Waals surface area contributed by atoms with E-state index in [1.165, 1.54) is 108 Å². The average Bonchev–Trinajstić information content (AvgIpc) is 2.98. The maximum absolute atomic E-state index is 2.40. The van der Waals surface area contributed by atoms with Gasteiger partial charge in [0.2, 0.25) is 0 Å². The number of benzene rings is 11. The summed E-state index contributed by atoms with van der Waals surface area (Å²) in [5.41, 5.74) is 0. The van der Waals surface area contributed by atoms with Crippen molar-refractivity contribution in [2.75, 3.05) is 0 Å². The molecule has 0 aliphatic carbocycles. The van der Waals surface area contributed by atoms with Crippen LogP contribution in [0.5, 0.6) is 0 Å². The number of rotatable bonds is 0. The minimum atomic E-state index is 1.32. The molecular weight excluding hydrogens is 456 g/mol. The Morgan fingerprint density at radius 1 is 0.184 bits per heavy atom. The van der Waals surface area contributed by atoms with Crippen LogP contribution in [0.3, 0.4) is 0 Å². The zero-order chi connectivity index (χ0) is 24.3. The highest BCUT2D eigenvalue weighted by Gasteiger charge is 2.24. The molecule has 0 unspecified atom stereocenters. The van der Waals surface area contributed by atoms with Gasteiger partial charge in [-0.15, -0.1) is 0 Å². The lowest BCUT2D eigenvalue weighted by Crippen LogP contribution is -1.95. The average molecular weight is 475 g/mol. The molecule has 0 atom stereocenters. The van der Waals surface area contributed by atoms with Gasteiger partial charge in [0.1, 0.15) is 0 Å². The number of hydrogen-bond acceptors (Lipinski definition) is 0. The molecule has 0 amide bonds. The molecular formula is C38H18. The van der Waals surface area contributed by atoms with Gasteiger partial charge in [-0.3, -0.25) is 0 Å². The molecule has 170 valence electrons. The van der Waals surface area contributed by atoms with E-state index in [2.05, 4.69) is 109 Å². The SMILES string of the molecule is c1cc2ccc3cccc4c3c2c(c1)c1c2ccc3ccc5ccc6ccc7ccc(c41)c1c7c6c5c3c21. The summed E-state index contributed by atoms with van der Waals surface area (Å²) in [6, 6.07) is 41.7. The summed E-state index contributed by atoms with van der Waals surface area (Å²) in [6.07, 6.45) is 0. The molecule has 0 heteroatoms. The van der Waals surface area contributed by atoms with Gasteiger partial charge in [0.15, 0.2) is 0 Å². The standard InChI is InChI=1S/C38H18/c1-3-19-7-8-20-4-2-6-26-30(20)29(19)25(5-1)35-27-17-15-23-13-11-21-9-10-22-12-14-24-16-18-28(36(26)35)38-34(24)32(22)31(21)33(23)37(27)38/h1-18H. The molecule has 11 rings (SSSR count).